The molecule has 1 fully saturated rings. The first-order valence-corrected chi connectivity index (χ1v) is 15.9. The molecule has 0 saturated carbocycles. The molecule has 0 radical (unpaired) electrons. The molecule has 16 heteroatoms. The van der Waals surface area contributed by atoms with Crippen molar-refractivity contribution in [2.75, 3.05) is 26.2 Å². The average molecular weight is 635 g/mol. The highest BCUT2D eigenvalue weighted by Gasteiger charge is 2.38. The number of amides is 3. The second-order valence-corrected chi connectivity index (χ2v) is 14.2. The maximum atomic E-state index is 13.7. The van der Waals surface area contributed by atoms with Crippen LogP contribution in [0.4, 0.5) is 22.8 Å². The lowest BCUT2D eigenvalue weighted by atomic mass is 10.1. The highest BCUT2D eigenvalue weighted by Crippen LogP contribution is 2.36. The summed E-state index contributed by atoms with van der Waals surface area (Å²) in [5.74, 6) is 0. The molecule has 1 aliphatic heterocycles. The summed E-state index contributed by atoms with van der Waals surface area (Å²) in [6.07, 6.45) is -4.62. The van der Waals surface area contributed by atoms with Gasteiger partial charge in [0.1, 0.15) is 5.60 Å². The first kappa shape index (κ1) is 33.1. The van der Waals surface area contributed by atoms with Crippen LogP contribution in [-0.2, 0) is 30.8 Å². The highest BCUT2D eigenvalue weighted by atomic mass is 32.2. The predicted molar refractivity (Wildman–Crippen MR) is 146 cm³/mol. The van der Waals surface area contributed by atoms with E-state index in [2.05, 4.69) is 10.6 Å². The van der Waals surface area contributed by atoms with Crippen molar-refractivity contribution in [3.05, 3.63) is 54.1 Å². The first-order valence-electron chi connectivity index (χ1n) is 12.9. The van der Waals surface area contributed by atoms with E-state index >= 15 is 0 Å². The van der Waals surface area contributed by atoms with Crippen LogP contribution in [0.25, 0.3) is 0 Å². The van der Waals surface area contributed by atoms with Crippen LogP contribution in [0.2, 0.25) is 0 Å². The van der Waals surface area contributed by atoms with Crippen molar-refractivity contribution >= 4 is 32.0 Å². The van der Waals surface area contributed by atoms with Crippen LogP contribution in [0.15, 0.2) is 63.2 Å². The Morgan fingerprint density at radius 3 is 2.12 bits per heavy atom. The van der Waals surface area contributed by atoms with E-state index < -0.39 is 65.7 Å². The van der Waals surface area contributed by atoms with Gasteiger partial charge in [0.05, 0.1) is 20.2 Å². The number of halogens is 3. The fourth-order valence-corrected chi connectivity index (χ4v) is 6.73. The molecule has 3 amide bonds. The maximum Gasteiger partial charge on any atom is 0.417 e. The molecular weight excluding hydrogens is 601 g/mol. The Labute approximate surface area is 242 Å². The molecule has 1 saturated heterocycles. The first-order chi connectivity index (χ1) is 19.4. The molecule has 3 N–H and O–H groups in total. The molecule has 232 valence electrons. The number of carbonyl (C=O) groups excluding carboxylic acids is 2. The number of alkyl halides is 3. The van der Waals surface area contributed by atoms with Crippen LogP contribution in [0.1, 0.15) is 39.2 Å². The van der Waals surface area contributed by atoms with Crippen LogP contribution in [0.3, 0.4) is 0 Å². The van der Waals surface area contributed by atoms with E-state index in [4.69, 9.17) is 4.74 Å². The number of ether oxygens (including phenoxy) is 1. The molecule has 11 nitrogen and oxygen atoms in total. The largest absolute Gasteiger partial charge is 0.444 e. The molecule has 1 heterocycles. The molecular formula is C26H33F3N4O7S2. The second kappa shape index (κ2) is 12.9. The summed E-state index contributed by atoms with van der Waals surface area (Å²) in [5.41, 5.74) is -2.17. The molecule has 3 rings (SSSR count). The van der Waals surface area contributed by atoms with Crippen molar-refractivity contribution in [3.63, 3.8) is 0 Å². The van der Waals surface area contributed by atoms with Crippen LogP contribution in [-0.4, -0.2) is 71.7 Å². The summed E-state index contributed by atoms with van der Waals surface area (Å²) >= 11 is 0. The van der Waals surface area contributed by atoms with Crippen molar-refractivity contribution in [2.24, 2.45) is 0 Å². The normalized spacial score (nSPS) is 15.2. The summed E-state index contributed by atoms with van der Waals surface area (Å²) in [6, 6.07) is 7.56. The van der Waals surface area contributed by atoms with E-state index in [1.54, 1.807) is 26.8 Å². The third-order valence-corrected chi connectivity index (χ3v) is 9.36. The van der Waals surface area contributed by atoms with Crippen LogP contribution >= 0.6 is 0 Å². The lowest BCUT2D eigenvalue weighted by molar-refractivity contribution is -0.139. The number of benzene rings is 2. The lowest BCUT2D eigenvalue weighted by Gasteiger charge is -2.33. The number of rotatable bonds is 8. The summed E-state index contributed by atoms with van der Waals surface area (Å²) in [7, 11) is -9.15. The maximum absolute atomic E-state index is 13.7. The standard InChI is InChI=1S/C26H33F3N4O7S2/c1-25(2,3)40-24(35)33-15-11-18(12-16-33)32-23(34)30-13-14-31-42(38,39)22-17-20(9-10-21(22)26(27,28)29)41(36,37)19-7-5-4-6-8-19/h4-10,17-18,31H,11-16H2,1-3H3,(H2,30,32,34). The van der Waals surface area contributed by atoms with Gasteiger partial charge in [-0.2, -0.15) is 13.2 Å². The number of nitrogens with zero attached hydrogens (tertiary/aromatic N) is 1. The Balaban J connectivity index is 1.59. The SMILES string of the molecule is CC(C)(C)OC(=O)N1CCC(NC(=O)NCCNS(=O)(=O)c2cc(S(=O)(=O)c3ccccc3)ccc2C(F)(F)F)CC1. The topological polar surface area (TPSA) is 151 Å². The second-order valence-electron chi connectivity index (χ2n) is 10.5. The summed E-state index contributed by atoms with van der Waals surface area (Å²) in [6.45, 7) is 5.25. The molecule has 0 aromatic heterocycles. The van der Waals surface area contributed by atoms with Gasteiger partial charge in [-0.25, -0.2) is 31.1 Å². The van der Waals surface area contributed by atoms with Gasteiger partial charge in [-0.05, 0) is 63.9 Å². The van der Waals surface area contributed by atoms with E-state index in [-0.39, 0.29) is 17.5 Å². The van der Waals surface area contributed by atoms with Crippen molar-refractivity contribution < 1.29 is 44.3 Å². The highest BCUT2D eigenvalue weighted by molar-refractivity contribution is 7.91. The third kappa shape index (κ3) is 8.82. The van der Waals surface area contributed by atoms with E-state index in [1.165, 1.54) is 29.2 Å². The number of nitrogens with one attached hydrogen (secondary N) is 3. The molecule has 0 atom stereocenters. The van der Waals surface area contributed by atoms with Crippen molar-refractivity contribution in [1.29, 1.82) is 0 Å². The zero-order valence-electron chi connectivity index (χ0n) is 23.2. The molecule has 1 aliphatic rings. The fourth-order valence-electron chi connectivity index (χ4n) is 4.07. The Bertz CT molecular complexity index is 1490. The van der Waals surface area contributed by atoms with Gasteiger partial charge in [0.15, 0.2) is 0 Å². The average Bonchev–Trinajstić information content (AvgIpc) is 2.90. The van der Waals surface area contributed by atoms with Gasteiger partial charge < -0.3 is 20.3 Å². The van der Waals surface area contributed by atoms with Gasteiger partial charge in [-0.3, -0.25) is 0 Å². The monoisotopic (exact) mass is 634 g/mol. The number of carbonyl (C=O) groups is 2. The van der Waals surface area contributed by atoms with Gasteiger partial charge in [-0.1, -0.05) is 18.2 Å². The minimum absolute atomic E-state index is 0.216. The number of hydrogen-bond acceptors (Lipinski definition) is 7. The van der Waals surface area contributed by atoms with Crippen molar-refractivity contribution in [1.82, 2.24) is 20.3 Å². The number of likely N-dealkylation sites (tertiary alicyclic amines) is 1. The molecule has 0 bridgehead atoms. The molecule has 2 aromatic rings. The zero-order valence-corrected chi connectivity index (χ0v) is 24.8. The molecule has 0 aliphatic carbocycles. The summed E-state index contributed by atoms with van der Waals surface area (Å²) in [5, 5.41) is 5.12. The van der Waals surface area contributed by atoms with Gasteiger partial charge in [0.25, 0.3) is 0 Å². The van der Waals surface area contributed by atoms with E-state index in [9.17, 15) is 39.6 Å². The van der Waals surface area contributed by atoms with Crippen LogP contribution in [0, 0.1) is 0 Å². The smallest absolute Gasteiger partial charge is 0.417 e. The minimum atomic E-state index is -5.09. The lowest BCUT2D eigenvalue weighted by Crippen LogP contribution is -2.50. The third-order valence-electron chi connectivity index (χ3n) is 6.10. The van der Waals surface area contributed by atoms with Gasteiger partial charge in [-0.15, -0.1) is 0 Å². The van der Waals surface area contributed by atoms with Crippen molar-refractivity contribution in [2.45, 2.75) is 66.1 Å². The summed E-state index contributed by atoms with van der Waals surface area (Å²) < 4.78 is 99.8. The fraction of sp³-hybridized carbons (Fsp3) is 0.462. The number of urea groups is 1. The Hall–Kier alpha value is -3.37. The predicted octanol–water partition coefficient (Wildman–Crippen LogP) is 3.52. The van der Waals surface area contributed by atoms with Crippen molar-refractivity contribution in [3.8, 4) is 0 Å². The van der Waals surface area contributed by atoms with E-state index in [0.29, 0.717) is 44.1 Å². The van der Waals surface area contributed by atoms with Gasteiger partial charge in [0, 0.05) is 32.2 Å². The molecule has 0 spiro atoms. The number of piperidine rings is 1. The van der Waals surface area contributed by atoms with Gasteiger partial charge >= 0.3 is 18.3 Å². The quantitative estimate of drug-likeness (QED) is 0.376. The summed E-state index contributed by atoms with van der Waals surface area (Å²) in [4.78, 5) is 23.9. The number of sulfone groups is 1. The molecule has 42 heavy (non-hydrogen) atoms. The Kier molecular flexibility index (Phi) is 10.2. The van der Waals surface area contributed by atoms with Crippen LogP contribution < -0.4 is 15.4 Å². The minimum Gasteiger partial charge on any atom is -0.444 e. The van der Waals surface area contributed by atoms with E-state index in [0.717, 1.165) is 0 Å². The van der Waals surface area contributed by atoms with E-state index in [1.807, 2.05) is 4.72 Å². The number of sulfonamides is 1. The molecule has 2 aromatic carbocycles. The molecule has 0 unspecified atom stereocenters. The van der Waals surface area contributed by atoms with Crippen LogP contribution in [0.5, 0.6) is 0 Å². The Morgan fingerprint density at radius 1 is 0.929 bits per heavy atom. The Morgan fingerprint density at radius 2 is 1.55 bits per heavy atom. The number of hydrogen-bond donors (Lipinski definition) is 3. The van der Waals surface area contributed by atoms with Gasteiger partial charge in [0.2, 0.25) is 19.9 Å². The zero-order chi connectivity index (χ0) is 31.3.